The largest absolute Gasteiger partial charge is 0.486 e. The Morgan fingerprint density at radius 2 is 1.82 bits per heavy atom. The Labute approximate surface area is 272 Å². The van der Waals surface area contributed by atoms with Gasteiger partial charge in [0.15, 0.2) is 11.6 Å². The van der Waals surface area contributed by atoms with E-state index >= 15 is 0 Å². The van der Waals surface area contributed by atoms with Crippen LogP contribution in [0.25, 0.3) is 0 Å². The van der Waals surface area contributed by atoms with Crippen molar-refractivity contribution < 1.29 is 33.3 Å². The molecule has 3 aromatic carbocycles. The zero-order valence-corrected chi connectivity index (χ0v) is 27.4. The van der Waals surface area contributed by atoms with Gasteiger partial charge in [-0.3, -0.25) is 4.90 Å². The van der Waals surface area contributed by atoms with Crippen molar-refractivity contribution in [2.75, 3.05) is 13.2 Å². The molecule has 10 heteroatoms. The quantitative estimate of drug-likeness (QED) is 0.184. The fourth-order valence-electron chi connectivity index (χ4n) is 5.08. The summed E-state index contributed by atoms with van der Waals surface area (Å²) in [4.78, 5) is 28.2. The normalized spacial score (nSPS) is 14.9. The first-order valence-corrected chi connectivity index (χ1v) is 15.6. The molecule has 1 saturated carbocycles. The van der Waals surface area contributed by atoms with E-state index in [1.54, 1.807) is 31.7 Å². The molecule has 0 spiro atoms. The van der Waals surface area contributed by atoms with Crippen molar-refractivity contribution in [2.24, 2.45) is 0 Å². The number of nitrogens with one attached hydrogen (secondary N) is 1. The van der Waals surface area contributed by atoms with Crippen LogP contribution in [-0.2, 0) is 28.0 Å². The Balaban J connectivity index is 1.63. The number of halogens is 2. The van der Waals surface area contributed by atoms with E-state index in [9.17, 15) is 19.1 Å². The van der Waals surface area contributed by atoms with Crippen LogP contribution >= 0.6 is 15.9 Å². The summed E-state index contributed by atoms with van der Waals surface area (Å²) in [5, 5.41) is 14.5. The second-order valence-electron chi connectivity index (χ2n) is 12.1. The molecule has 0 unspecified atom stereocenters. The molecule has 1 aliphatic rings. The molecule has 0 bridgehead atoms. The minimum absolute atomic E-state index is 0.0237. The zero-order chi connectivity index (χ0) is 32.6. The van der Waals surface area contributed by atoms with Gasteiger partial charge in [-0.15, -0.1) is 0 Å². The van der Waals surface area contributed by atoms with E-state index in [0.717, 1.165) is 15.6 Å². The molecule has 240 valence electrons. The number of amides is 2. The van der Waals surface area contributed by atoms with E-state index in [1.807, 2.05) is 54.6 Å². The molecule has 2 N–H and O–H groups in total. The van der Waals surface area contributed by atoms with Crippen LogP contribution in [0.4, 0.5) is 14.0 Å². The molecule has 2 amide bonds. The van der Waals surface area contributed by atoms with Crippen molar-refractivity contribution in [1.29, 1.82) is 0 Å². The lowest BCUT2D eigenvalue weighted by Gasteiger charge is -2.36. The molecular weight excluding hydrogens is 643 g/mol. The fraction of sp³-hybridized carbons (Fsp3) is 0.371. The van der Waals surface area contributed by atoms with Crippen molar-refractivity contribution in [1.82, 2.24) is 10.2 Å². The Morgan fingerprint density at radius 1 is 1.09 bits per heavy atom. The highest BCUT2D eigenvalue weighted by atomic mass is 79.9. The molecule has 0 aliphatic heterocycles. The molecule has 0 saturated heterocycles. The summed E-state index contributed by atoms with van der Waals surface area (Å²) >= 11 is 3.53. The van der Waals surface area contributed by atoms with Gasteiger partial charge in [0, 0.05) is 4.47 Å². The maximum absolute atomic E-state index is 14.4. The summed E-state index contributed by atoms with van der Waals surface area (Å²) in [6.07, 6.45) is 0.367. The number of alkyl carbamates (subject to hydrolysis) is 1. The number of nitrogens with zero attached hydrogens (tertiary/aromatic N) is 1. The fourth-order valence-corrected chi connectivity index (χ4v) is 5.48. The summed E-state index contributed by atoms with van der Waals surface area (Å²) in [5.41, 5.74) is 0.847. The molecule has 45 heavy (non-hydrogen) atoms. The van der Waals surface area contributed by atoms with Gasteiger partial charge in [-0.2, -0.15) is 0 Å². The number of benzene rings is 3. The van der Waals surface area contributed by atoms with Crippen LogP contribution < -0.4 is 10.1 Å². The number of hydrogen-bond donors (Lipinski definition) is 2. The van der Waals surface area contributed by atoms with Gasteiger partial charge in [0.05, 0.1) is 24.2 Å². The second-order valence-corrected chi connectivity index (χ2v) is 13.0. The smallest absolute Gasteiger partial charge is 0.410 e. The maximum Gasteiger partial charge on any atom is 0.410 e. The SMILES string of the molecule is C=CCOc1cc(C[C@H](NC(=O)OC(C)(C)C)[C@H](O)CN(C(=O)OCc2ccccc2)C2(c3cccc(Br)c3)CC2)ccc1F. The summed E-state index contributed by atoms with van der Waals surface area (Å²) in [6, 6.07) is 20.5. The average molecular weight is 684 g/mol. The molecule has 1 fully saturated rings. The van der Waals surface area contributed by atoms with Gasteiger partial charge >= 0.3 is 12.2 Å². The van der Waals surface area contributed by atoms with Gasteiger partial charge in [-0.05, 0) is 81.0 Å². The number of carbonyl (C=O) groups is 2. The Hall–Kier alpha value is -3.89. The van der Waals surface area contributed by atoms with E-state index < -0.39 is 41.3 Å². The van der Waals surface area contributed by atoms with Crippen LogP contribution in [0.2, 0.25) is 0 Å². The number of aliphatic hydroxyl groups excluding tert-OH is 1. The van der Waals surface area contributed by atoms with Gasteiger partial charge in [-0.25, -0.2) is 14.0 Å². The van der Waals surface area contributed by atoms with Crippen LogP contribution in [0.1, 0.15) is 50.3 Å². The maximum atomic E-state index is 14.4. The van der Waals surface area contributed by atoms with E-state index in [1.165, 1.54) is 18.2 Å². The van der Waals surface area contributed by atoms with E-state index in [-0.39, 0.29) is 31.9 Å². The minimum Gasteiger partial charge on any atom is -0.486 e. The van der Waals surface area contributed by atoms with Crippen molar-refractivity contribution in [3.63, 3.8) is 0 Å². The van der Waals surface area contributed by atoms with Crippen molar-refractivity contribution in [2.45, 2.75) is 69.9 Å². The predicted octanol–water partition coefficient (Wildman–Crippen LogP) is 7.28. The average Bonchev–Trinajstić information content (AvgIpc) is 3.80. The van der Waals surface area contributed by atoms with E-state index in [4.69, 9.17) is 14.2 Å². The zero-order valence-electron chi connectivity index (χ0n) is 25.8. The van der Waals surface area contributed by atoms with Gasteiger partial charge in [0.25, 0.3) is 0 Å². The number of carbonyl (C=O) groups excluding carboxylic acids is 2. The molecule has 3 aromatic rings. The lowest BCUT2D eigenvalue weighted by atomic mass is 9.98. The molecule has 0 aromatic heterocycles. The molecule has 8 nitrogen and oxygen atoms in total. The van der Waals surface area contributed by atoms with Gasteiger partial charge in [0.1, 0.15) is 18.8 Å². The molecule has 4 rings (SSSR count). The number of aliphatic hydroxyl groups is 1. The van der Waals surface area contributed by atoms with Crippen molar-refractivity contribution in [3.8, 4) is 5.75 Å². The summed E-state index contributed by atoms with van der Waals surface area (Å²) in [6.45, 7) is 8.83. The van der Waals surface area contributed by atoms with Gasteiger partial charge < -0.3 is 24.6 Å². The third kappa shape index (κ3) is 9.55. The number of rotatable bonds is 13. The lowest BCUT2D eigenvalue weighted by Crippen LogP contribution is -2.53. The summed E-state index contributed by atoms with van der Waals surface area (Å²) < 4.78 is 32.0. The van der Waals surface area contributed by atoms with Gasteiger partial charge in [0.2, 0.25) is 0 Å². The Kier molecular flexibility index (Phi) is 11.3. The molecule has 0 heterocycles. The van der Waals surface area contributed by atoms with Crippen molar-refractivity contribution >= 4 is 28.1 Å². The standard InChI is InChI=1S/C35H40BrFN2O6/c1-5-18-43-31-20-25(14-15-28(31)37)19-29(38-32(41)45-34(2,3)4)30(40)22-39(33(42)44-23-24-10-7-6-8-11-24)35(16-17-35)26-12-9-13-27(36)21-26/h5-15,20-21,29-30,40H,1,16-19,22-23H2,2-4H3,(H,38,41)/t29-,30+/m0/s1. The Morgan fingerprint density at radius 3 is 2.47 bits per heavy atom. The Bertz CT molecular complexity index is 1470. The minimum atomic E-state index is -1.26. The number of ether oxygens (including phenoxy) is 3. The monoisotopic (exact) mass is 682 g/mol. The molecular formula is C35H40BrFN2O6. The third-order valence-corrected chi connectivity index (χ3v) is 7.87. The highest BCUT2D eigenvalue weighted by Gasteiger charge is 2.53. The summed E-state index contributed by atoms with van der Waals surface area (Å²) in [7, 11) is 0. The first-order valence-electron chi connectivity index (χ1n) is 14.8. The van der Waals surface area contributed by atoms with Crippen LogP contribution in [0.5, 0.6) is 5.75 Å². The highest BCUT2D eigenvalue weighted by molar-refractivity contribution is 9.10. The van der Waals surface area contributed by atoms with Crippen LogP contribution in [0, 0.1) is 5.82 Å². The molecule has 0 radical (unpaired) electrons. The number of hydrogen-bond acceptors (Lipinski definition) is 6. The highest BCUT2D eigenvalue weighted by Crippen LogP contribution is 2.52. The molecule has 2 atom stereocenters. The van der Waals surface area contributed by atoms with E-state index in [0.29, 0.717) is 18.4 Å². The van der Waals surface area contributed by atoms with Gasteiger partial charge in [-0.1, -0.05) is 77.1 Å². The molecule has 1 aliphatic carbocycles. The first-order chi connectivity index (χ1) is 21.4. The topological polar surface area (TPSA) is 97.3 Å². The predicted molar refractivity (Wildman–Crippen MR) is 173 cm³/mol. The third-order valence-electron chi connectivity index (χ3n) is 7.37. The first kappa shape index (κ1) is 34.0. The summed E-state index contributed by atoms with van der Waals surface area (Å²) in [5.74, 6) is -0.523. The van der Waals surface area contributed by atoms with Crippen LogP contribution in [-0.4, -0.2) is 53.1 Å². The second kappa shape index (κ2) is 14.9. The van der Waals surface area contributed by atoms with Crippen molar-refractivity contribution in [3.05, 3.63) is 112 Å². The van der Waals surface area contributed by atoms with Crippen LogP contribution in [0.15, 0.2) is 89.9 Å². The lowest BCUT2D eigenvalue weighted by molar-refractivity contribution is 0.0230. The van der Waals surface area contributed by atoms with E-state index in [2.05, 4.69) is 27.8 Å². The van der Waals surface area contributed by atoms with Crippen LogP contribution in [0.3, 0.4) is 0 Å².